The molecular formula is C14H20N2O2S2. The maximum absolute atomic E-state index is 12.6. The van der Waals surface area contributed by atoms with E-state index in [0.717, 1.165) is 17.1 Å². The average Bonchev–Trinajstić information content (AvgIpc) is 2.90. The largest absolute Gasteiger partial charge is 0.373 e. The summed E-state index contributed by atoms with van der Waals surface area (Å²) in [5.74, 6) is 2.36. The molecule has 0 aromatic carbocycles. The molecule has 1 aromatic rings. The first-order chi connectivity index (χ1) is 9.65. The number of amides is 1. The van der Waals surface area contributed by atoms with Gasteiger partial charge in [0.15, 0.2) is 0 Å². The third-order valence-corrected chi connectivity index (χ3v) is 6.04. The number of thiophene rings is 1. The van der Waals surface area contributed by atoms with E-state index in [1.54, 1.807) is 11.3 Å². The number of ether oxygens (including phenoxy) is 1. The number of fused-ring (bicyclic) bond motifs is 1. The van der Waals surface area contributed by atoms with Gasteiger partial charge in [-0.15, -0.1) is 11.3 Å². The summed E-state index contributed by atoms with van der Waals surface area (Å²) in [5, 5.41) is 0. The number of hydrogen-bond donors (Lipinski definition) is 1. The summed E-state index contributed by atoms with van der Waals surface area (Å²) < 4.78 is 5.62. The zero-order valence-corrected chi connectivity index (χ0v) is 13.3. The summed E-state index contributed by atoms with van der Waals surface area (Å²) in [4.78, 5) is 16.8. The van der Waals surface area contributed by atoms with Crippen LogP contribution in [-0.4, -0.2) is 48.4 Å². The highest BCUT2D eigenvalue weighted by molar-refractivity contribution is 7.98. The first kappa shape index (κ1) is 14.4. The molecule has 1 amide bonds. The van der Waals surface area contributed by atoms with Crippen LogP contribution < -0.4 is 5.73 Å². The van der Waals surface area contributed by atoms with Crippen molar-refractivity contribution in [3.8, 4) is 0 Å². The number of hydrogen-bond acceptors (Lipinski definition) is 5. The molecule has 1 fully saturated rings. The van der Waals surface area contributed by atoms with Gasteiger partial charge in [0.2, 0.25) is 0 Å². The number of aryl methyl sites for hydroxylation is 1. The summed E-state index contributed by atoms with van der Waals surface area (Å²) >= 11 is 3.62. The molecule has 0 bridgehead atoms. The van der Waals surface area contributed by atoms with Crippen molar-refractivity contribution in [2.45, 2.75) is 31.2 Å². The molecular weight excluding hydrogens is 292 g/mol. The Balaban J connectivity index is 1.73. The summed E-state index contributed by atoms with van der Waals surface area (Å²) in [6.07, 6.45) is 1.06. The van der Waals surface area contributed by atoms with Crippen molar-refractivity contribution in [3.05, 3.63) is 21.4 Å². The van der Waals surface area contributed by atoms with E-state index in [2.05, 4.69) is 6.07 Å². The van der Waals surface area contributed by atoms with Gasteiger partial charge < -0.3 is 15.4 Å². The fourth-order valence-corrected chi connectivity index (χ4v) is 4.93. The number of thioether (sulfide) groups is 1. The summed E-state index contributed by atoms with van der Waals surface area (Å²) in [6.45, 7) is 3.78. The molecule has 0 saturated carbocycles. The zero-order valence-electron chi connectivity index (χ0n) is 11.6. The van der Waals surface area contributed by atoms with Crippen LogP contribution in [0.1, 0.15) is 27.0 Å². The number of carbonyl (C=O) groups excluding carboxylic acids is 1. The summed E-state index contributed by atoms with van der Waals surface area (Å²) in [7, 11) is 0. The number of rotatable bonds is 2. The first-order valence-electron chi connectivity index (χ1n) is 7.01. The quantitative estimate of drug-likeness (QED) is 0.903. The van der Waals surface area contributed by atoms with Gasteiger partial charge in [0.25, 0.3) is 5.91 Å². The van der Waals surface area contributed by atoms with Gasteiger partial charge in [0.1, 0.15) is 0 Å². The molecule has 0 aliphatic carbocycles. The Hall–Kier alpha value is -0.560. The van der Waals surface area contributed by atoms with Crippen LogP contribution in [-0.2, 0) is 16.9 Å². The Morgan fingerprint density at radius 2 is 2.45 bits per heavy atom. The fraction of sp³-hybridized carbons (Fsp3) is 0.643. The number of carbonyl (C=O) groups is 1. The predicted molar refractivity (Wildman–Crippen MR) is 83.5 cm³/mol. The van der Waals surface area contributed by atoms with Gasteiger partial charge in [-0.2, -0.15) is 11.8 Å². The Kier molecular flexibility index (Phi) is 4.35. The Morgan fingerprint density at radius 3 is 3.20 bits per heavy atom. The third kappa shape index (κ3) is 2.88. The average molecular weight is 312 g/mol. The molecule has 3 heterocycles. The van der Waals surface area contributed by atoms with Crippen LogP contribution in [0, 0.1) is 0 Å². The maximum atomic E-state index is 12.6. The molecule has 0 spiro atoms. The van der Waals surface area contributed by atoms with Crippen molar-refractivity contribution in [2.75, 3.05) is 25.4 Å². The van der Waals surface area contributed by atoms with Crippen molar-refractivity contribution in [1.29, 1.82) is 0 Å². The van der Waals surface area contributed by atoms with E-state index < -0.39 is 0 Å². The molecule has 110 valence electrons. The SMILES string of the molecule is CC(N)C1CN(C(=O)c2cc3c(s2)CCSC3)CCO1. The summed E-state index contributed by atoms with van der Waals surface area (Å²) in [5.41, 5.74) is 7.24. The van der Waals surface area contributed by atoms with E-state index in [-0.39, 0.29) is 18.1 Å². The summed E-state index contributed by atoms with van der Waals surface area (Å²) in [6, 6.07) is 2.05. The van der Waals surface area contributed by atoms with Gasteiger partial charge in [-0.3, -0.25) is 4.79 Å². The minimum Gasteiger partial charge on any atom is -0.373 e. The molecule has 2 aliphatic heterocycles. The first-order valence-corrected chi connectivity index (χ1v) is 8.98. The van der Waals surface area contributed by atoms with Crippen LogP contribution in [0.5, 0.6) is 0 Å². The molecule has 2 atom stereocenters. The number of nitrogens with two attached hydrogens (primary N) is 1. The highest BCUT2D eigenvalue weighted by Gasteiger charge is 2.28. The molecule has 3 rings (SSSR count). The van der Waals surface area contributed by atoms with E-state index in [0.29, 0.717) is 19.7 Å². The van der Waals surface area contributed by atoms with Crippen molar-refractivity contribution in [3.63, 3.8) is 0 Å². The van der Waals surface area contributed by atoms with Gasteiger partial charge in [-0.05, 0) is 30.7 Å². The molecule has 20 heavy (non-hydrogen) atoms. The number of nitrogens with zero attached hydrogens (tertiary/aromatic N) is 1. The highest BCUT2D eigenvalue weighted by Crippen LogP contribution is 2.32. The molecule has 2 aliphatic rings. The minimum absolute atomic E-state index is 0.0430. The fourth-order valence-electron chi connectivity index (χ4n) is 2.59. The normalized spacial score (nSPS) is 24.3. The van der Waals surface area contributed by atoms with Crippen LogP contribution in [0.4, 0.5) is 0 Å². The second-order valence-corrected chi connectivity index (χ2v) is 7.62. The second kappa shape index (κ2) is 6.05. The van der Waals surface area contributed by atoms with E-state index >= 15 is 0 Å². The predicted octanol–water partition coefficient (Wildman–Crippen LogP) is 1.73. The van der Waals surface area contributed by atoms with Crippen LogP contribution in [0.25, 0.3) is 0 Å². The molecule has 2 unspecified atom stereocenters. The maximum Gasteiger partial charge on any atom is 0.264 e. The van der Waals surface area contributed by atoms with Gasteiger partial charge in [-0.1, -0.05) is 0 Å². The topological polar surface area (TPSA) is 55.6 Å². The Morgan fingerprint density at radius 1 is 1.60 bits per heavy atom. The molecule has 1 aromatic heterocycles. The third-order valence-electron chi connectivity index (χ3n) is 3.81. The minimum atomic E-state index is -0.0437. The van der Waals surface area contributed by atoms with Gasteiger partial charge >= 0.3 is 0 Å². The highest BCUT2D eigenvalue weighted by atomic mass is 32.2. The van der Waals surface area contributed by atoms with Gasteiger partial charge in [0, 0.05) is 29.8 Å². The smallest absolute Gasteiger partial charge is 0.264 e. The van der Waals surface area contributed by atoms with Crippen molar-refractivity contribution in [2.24, 2.45) is 5.73 Å². The van der Waals surface area contributed by atoms with Crippen molar-refractivity contribution in [1.82, 2.24) is 4.90 Å². The lowest BCUT2D eigenvalue weighted by Gasteiger charge is -2.34. The van der Waals surface area contributed by atoms with E-state index in [1.165, 1.54) is 16.2 Å². The van der Waals surface area contributed by atoms with Crippen molar-refractivity contribution >= 4 is 29.0 Å². The van der Waals surface area contributed by atoms with Crippen LogP contribution in [0.15, 0.2) is 6.07 Å². The van der Waals surface area contributed by atoms with Gasteiger partial charge in [-0.25, -0.2) is 0 Å². The van der Waals surface area contributed by atoms with E-state index in [1.807, 2.05) is 23.6 Å². The van der Waals surface area contributed by atoms with Crippen LogP contribution >= 0.6 is 23.1 Å². The standard InChI is InChI=1S/C14H20N2O2S2/c1-9(15)11-7-16(3-4-18-11)14(17)13-6-10-8-19-5-2-12(10)20-13/h6,9,11H,2-5,7-8,15H2,1H3. The lowest BCUT2D eigenvalue weighted by atomic mass is 10.1. The molecule has 6 heteroatoms. The monoisotopic (exact) mass is 312 g/mol. The molecule has 4 nitrogen and oxygen atoms in total. The van der Waals surface area contributed by atoms with Crippen LogP contribution in [0.2, 0.25) is 0 Å². The van der Waals surface area contributed by atoms with E-state index in [4.69, 9.17) is 10.5 Å². The van der Waals surface area contributed by atoms with Gasteiger partial charge in [0.05, 0.1) is 17.6 Å². The zero-order chi connectivity index (χ0) is 14.1. The molecule has 1 saturated heterocycles. The second-order valence-electron chi connectivity index (χ2n) is 5.38. The molecule has 2 N–H and O–H groups in total. The van der Waals surface area contributed by atoms with E-state index in [9.17, 15) is 4.79 Å². The molecule has 0 radical (unpaired) electrons. The van der Waals surface area contributed by atoms with Crippen LogP contribution in [0.3, 0.4) is 0 Å². The lowest BCUT2D eigenvalue weighted by molar-refractivity contribution is -0.0298. The Labute approximate surface area is 127 Å². The lowest BCUT2D eigenvalue weighted by Crippen LogP contribution is -2.51. The Bertz CT molecular complexity index is 478. The van der Waals surface area contributed by atoms with Crippen molar-refractivity contribution < 1.29 is 9.53 Å². The number of morpholine rings is 1.